The molecule has 162 valence electrons. The second-order valence-electron chi connectivity index (χ2n) is 6.70. The van der Waals surface area contributed by atoms with E-state index in [1.54, 1.807) is 12.1 Å². The maximum Gasteiger partial charge on any atom is 0.264 e. The Labute approximate surface area is 185 Å². The van der Waals surface area contributed by atoms with Gasteiger partial charge in [-0.2, -0.15) is 0 Å². The van der Waals surface area contributed by atoms with Gasteiger partial charge < -0.3 is 10.1 Å². The first-order chi connectivity index (χ1) is 14.7. The number of nitrogens with one attached hydrogen (secondary N) is 1. The Bertz CT molecular complexity index is 1200. The zero-order chi connectivity index (χ0) is 22.6. The lowest BCUT2D eigenvalue weighted by molar-refractivity contribution is -0.114. The predicted molar refractivity (Wildman–Crippen MR) is 119 cm³/mol. The maximum atomic E-state index is 13.4. The van der Waals surface area contributed by atoms with Crippen LogP contribution in [0.5, 0.6) is 5.75 Å². The van der Waals surface area contributed by atoms with Gasteiger partial charge in [-0.05, 0) is 55.5 Å². The van der Waals surface area contributed by atoms with Gasteiger partial charge in [0.2, 0.25) is 5.91 Å². The van der Waals surface area contributed by atoms with E-state index < -0.39 is 28.3 Å². The number of methoxy groups -OCH3 is 1. The standard InChI is InChI=1S/C22H20ClFN2O4S/c1-15-6-9-19(10-7-15)31(28,29)26(18-8-11-21(30-2)20(23)13-18)14-22(27)25-17-5-3-4-16(24)12-17/h3-13H,14H2,1-2H3,(H,25,27). The smallest absolute Gasteiger partial charge is 0.264 e. The number of rotatable bonds is 7. The average Bonchev–Trinajstić information content (AvgIpc) is 2.72. The summed E-state index contributed by atoms with van der Waals surface area (Å²) in [4.78, 5) is 12.7. The van der Waals surface area contributed by atoms with Crippen molar-refractivity contribution in [1.82, 2.24) is 0 Å². The zero-order valence-electron chi connectivity index (χ0n) is 16.8. The third-order valence-corrected chi connectivity index (χ3v) is 6.51. The Morgan fingerprint density at radius 3 is 2.42 bits per heavy atom. The molecule has 0 aromatic heterocycles. The first kappa shape index (κ1) is 22.6. The molecule has 1 amide bonds. The van der Waals surface area contributed by atoms with Gasteiger partial charge in [-0.1, -0.05) is 35.4 Å². The Kier molecular flexibility index (Phi) is 6.82. The zero-order valence-corrected chi connectivity index (χ0v) is 18.4. The molecule has 0 aliphatic rings. The van der Waals surface area contributed by atoms with Crippen LogP contribution in [-0.4, -0.2) is 28.0 Å². The first-order valence-electron chi connectivity index (χ1n) is 9.19. The molecule has 0 spiro atoms. The van der Waals surface area contributed by atoms with Crippen LogP contribution < -0.4 is 14.4 Å². The number of nitrogens with zero attached hydrogens (tertiary/aromatic N) is 1. The van der Waals surface area contributed by atoms with Crippen LogP contribution in [0, 0.1) is 12.7 Å². The molecule has 0 aliphatic heterocycles. The van der Waals surface area contributed by atoms with E-state index in [-0.39, 0.29) is 21.3 Å². The average molecular weight is 463 g/mol. The maximum absolute atomic E-state index is 13.4. The van der Waals surface area contributed by atoms with Crippen LogP contribution in [0.25, 0.3) is 0 Å². The molecular formula is C22H20ClFN2O4S. The van der Waals surface area contributed by atoms with E-state index in [2.05, 4.69) is 5.32 Å². The number of anilines is 2. The van der Waals surface area contributed by atoms with Crippen LogP contribution in [0.3, 0.4) is 0 Å². The van der Waals surface area contributed by atoms with Crippen molar-refractivity contribution in [2.45, 2.75) is 11.8 Å². The van der Waals surface area contributed by atoms with E-state index in [1.807, 2.05) is 6.92 Å². The molecule has 0 heterocycles. The Balaban J connectivity index is 1.98. The van der Waals surface area contributed by atoms with Crippen molar-refractivity contribution in [2.24, 2.45) is 0 Å². The van der Waals surface area contributed by atoms with Gasteiger partial charge in [0.1, 0.15) is 18.1 Å². The summed E-state index contributed by atoms with van der Waals surface area (Å²) in [5, 5.41) is 2.70. The Hall–Kier alpha value is -3.10. The molecule has 3 aromatic carbocycles. The van der Waals surface area contributed by atoms with Gasteiger partial charge in [-0.3, -0.25) is 9.10 Å². The van der Waals surface area contributed by atoms with Gasteiger partial charge in [0, 0.05) is 5.69 Å². The number of hydrogen-bond acceptors (Lipinski definition) is 4. The third-order valence-electron chi connectivity index (χ3n) is 4.43. The van der Waals surface area contributed by atoms with E-state index in [0.717, 1.165) is 15.9 Å². The van der Waals surface area contributed by atoms with Gasteiger partial charge in [0.25, 0.3) is 10.0 Å². The fourth-order valence-corrected chi connectivity index (χ4v) is 4.52. The second kappa shape index (κ2) is 9.36. The molecule has 0 fully saturated rings. The molecule has 0 saturated carbocycles. The molecule has 1 N–H and O–H groups in total. The molecule has 0 bridgehead atoms. The van der Waals surface area contributed by atoms with Gasteiger partial charge in [-0.25, -0.2) is 12.8 Å². The number of aryl methyl sites for hydroxylation is 1. The highest BCUT2D eigenvalue weighted by Gasteiger charge is 2.28. The highest BCUT2D eigenvalue weighted by molar-refractivity contribution is 7.92. The van der Waals surface area contributed by atoms with Crippen LogP contribution in [0.4, 0.5) is 15.8 Å². The number of carbonyl (C=O) groups is 1. The van der Waals surface area contributed by atoms with Crippen LogP contribution >= 0.6 is 11.6 Å². The third kappa shape index (κ3) is 5.34. The SMILES string of the molecule is COc1ccc(N(CC(=O)Nc2cccc(F)c2)S(=O)(=O)c2ccc(C)cc2)cc1Cl. The van der Waals surface area contributed by atoms with E-state index in [1.165, 1.54) is 55.6 Å². The Morgan fingerprint density at radius 1 is 1.10 bits per heavy atom. The summed E-state index contributed by atoms with van der Waals surface area (Å²) in [6, 6.07) is 16.0. The normalized spacial score (nSPS) is 11.1. The number of carbonyl (C=O) groups excluding carboxylic acids is 1. The number of hydrogen-bond donors (Lipinski definition) is 1. The van der Waals surface area contributed by atoms with Crippen molar-refractivity contribution >= 4 is 38.9 Å². The summed E-state index contributed by atoms with van der Waals surface area (Å²) < 4.78 is 46.2. The molecule has 9 heteroatoms. The molecule has 3 aromatic rings. The summed E-state index contributed by atoms with van der Waals surface area (Å²) in [7, 11) is -2.67. The molecule has 0 radical (unpaired) electrons. The number of benzene rings is 3. The minimum atomic E-state index is -4.10. The molecular weight excluding hydrogens is 443 g/mol. The monoisotopic (exact) mass is 462 g/mol. The molecule has 0 aliphatic carbocycles. The minimum absolute atomic E-state index is 0.0172. The number of sulfonamides is 1. The predicted octanol–water partition coefficient (Wildman–Crippen LogP) is 4.63. The molecule has 6 nitrogen and oxygen atoms in total. The molecule has 0 unspecified atom stereocenters. The van der Waals surface area contributed by atoms with Gasteiger partial charge >= 0.3 is 0 Å². The Morgan fingerprint density at radius 2 is 1.81 bits per heavy atom. The summed E-state index contributed by atoms with van der Waals surface area (Å²) >= 11 is 6.19. The summed E-state index contributed by atoms with van der Waals surface area (Å²) in [5.41, 5.74) is 1.29. The lowest BCUT2D eigenvalue weighted by atomic mass is 10.2. The highest BCUT2D eigenvalue weighted by atomic mass is 35.5. The molecule has 31 heavy (non-hydrogen) atoms. The number of ether oxygens (including phenoxy) is 1. The van der Waals surface area contributed by atoms with Gasteiger partial charge in [0.15, 0.2) is 0 Å². The topological polar surface area (TPSA) is 75.7 Å². The first-order valence-corrected chi connectivity index (χ1v) is 11.0. The van der Waals surface area contributed by atoms with Crippen LogP contribution in [-0.2, 0) is 14.8 Å². The van der Waals surface area contributed by atoms with E-state index in [0.29, 0.717) is 5.75 Å². The van der Waals surface area contributed by atoms with Crippen molar-refractivity contribution < 1.29 is 22.3 Å². The second-order valence-corrected chi connectivity index (χ2v) is 8.97. The van der Waals surface area contributed by atoms with Gasteiger partial charge in [0.05, 0.1) is 22.7 Å². The number of halogens is 2. The van der Waals surface area contributed by atoms with Crippen LogP contribution in [0.1, 0.15) is 5.56 Å². The van der Waals surface area contributed by atoms with E-state index in [4.69, 9.17) is 16.3 Å². The van der Waals surface area contributed by atoms with Crippen molar-refractivity contribution in [2.75, 3.05) is 23.3 Å². The molecule has 3 rings (SSSR count). The van der Waals surface area contributed by atoms with E-state index in [9.17, 15) is 17.6 Å². The van der Waals surface area contributed by atoms with Crippen LogP contribution in [0.2, 0.25) is 5.02 Å². The van der Waals surface area contributed by atoms with Gasteiger partial charge in [-0.15, -0.1) is 0 Å². The quantitative estimate of drug-likeness (QED) is 0.555. The minimum Gasteiger partial charge on any atom is -0.495 e. The van der Waals surface area contributed by atoms with Crippen molar-refractivity contribution in [3.05, 3.63) is 83.1 Å². The van der Waals surface area contributed by atoms with Crippen molar-refractivity contribution in [3.8, 4) is 5.75 Å². The lowest BCUT2D eigenvalue weighted by Crippen LogP contribution is -2.38. The van der Waals surface area contributed by atoms with Crippen LogP contribution in [0.15, 0.2) is 71.6 Å². The lowest BCUT2D eigenvalue weighted by Gasteiger charge is -2.24. The fourth-order valence-electron chi connectivity index (χ4n) is 2.86. The highest BCUT2D eigenvalue weighted by Crippen LogP contribution is 2.32. The number of amides is 1. The fraction of sp³-hybridized carbons (Fsp3) is 0.136. The summed E-state index contributed by atoms with van der Waals surface area (Å²) in [6.07, 6.45) is 0. The largest absolute Gasteiger partial charge is 0.495 e. The summed E-state index contributed by atoms with van der Waals surface area (Å²) in [6.45, 7) is 1.29. The van der Waals surface area contributed by atoms with Crippen molar-refractivity contribution in [1.29, 1.82) is 0 Å². The summed E-state index contributed by atoms with van der Waals surface area (Å²) in [5.74, 6) is -0.806. The molecule has 0 atom stereocenters. The molecule has 0 saturated heterocycles. The van der Waals surface area contributed by atoms with Crippen molar-refractivity contribution in [3.63, 3.8) is 0 Å². The van der Waals surface area contributed by atoms with E-state index >= 15 is 0 Å².